The minimum atomic E-state index is -0.249. The van der Waals surface area contributed by atoms with Crippen LogP contribution in [0.5, 0.6) is 5.75 Å². The standard InChI is InChI=1S/C18H19BrClNO2/c1-18(2,3)13-10-12(19)8-9-16(13)23-11-17(22)21-15-7-5-4-6-14(15)20/h4-10H,11H2,1-3H3,(H,21,22). The number of carbonyl (C=O) groups excluding carboxylic acids is 1. The number of carbonyl (C=O) groups is 1. The average molecular weight is 397 g/mol. The van der Waals surface area contributed by atoms with Gasteiger partial charge >= 0.3 is 0 Å². The van der Waals surface area contributed by atoms with Crippen molar-refractivity contribution in [3.63, 3.8) is 0 Å². The van der Waals surface area contributed by atoms with E-state index in [4.69, 9.17) is 16.3 Å². The Bertz CT molecular complexity index is 710. The third-order valence-electron chi connectivity index (χ3n) is 3.26. The van der Waals surface area contributed by atoms with Gasteiger partial charge in [-0.2, -0.15) is 0 Å². The molecule has 0 fully saturated rings. The van der Waals surface area contributed by atoms with Crippen molar-refractivity contribution >= 4 is 39.1 Å². The summed E-state index contributed by atoms with van der Waals surface area (Å²) in [4.78, 5) is 12.1. The van der Waals surface area contributed by atoms with Crippen molar-refractivity contribution < 1.29 is 9.53 Å². The minimum absolute atomic E-state index is 0.0735. The molecule has 0 spiro atoms. The highest BCUT2D eigenvalue weighted by Crippen LogP contribution is 2.33. The molecule has 0 unspecified atom stereocenters. The first-order valence-electron chi connectivity index (χ1n) is 7.24. The van der Waals surface area contributed by atoms with E-state index in [9.17, 15) is 4.79 Å². The third-order valence-corrected chi connectivity index (χ3v) is 4.08. The van der Waals surface area contributed by atoms with E-state index in [1.54, 1.807) is 12.1 Å². The highest BCUT2D eigenvalue weighted by molar-refractivity contribution is 9.10. The van der Waals surface area contributed by atoms with Crippen molar-refractivity contribution in [1.29, 1.82) is 0 Å². The number of halogens is 2. The molecule has 0 aliphatic carbocycles. The number of anilines is 1. The Balaban J connectivity index is 2.06. The topological polar surface area (TPSA) is 38.3 Å². The summed E-state index contributed by atoms with van der Waals surface area (Å²) in [6, 6.07) is 12.9. The predicted octanol–water partition coefficient (Wildman–Crippen LogP) is 5.42. The average Bonchev–Trinajstić information content (AvgIpc) is 2.47. The van der Waals surface area contributed by atoms with Crippen molar-refractivity contribution in [3.05, 3.63) is 57.5 Å². The van der Waals surface area contributed by atoms with Crippen molar-refractivity contribution in [2.75, 3.05) is 11.9 Å². The van der Waals surface area contributed by atoms with Gasteiger partial charge in [0.15, 0.2) is 6.61 Å². The molecule has 0 saturated heterocycles. The Kier molecular flexibility index (Phi) is 5.71. The molecule has 2 aromatic rings. The van der Waals surface area contributed by atoms with Gasteiger partial charge in [0.05, 0.1) is 10.7 Å². The maximum Gasteiger partial charge on any atom is 0.262 e. The monoisotopic (exact) mass is 395 g/mol. The van der Waals surface area contributed by atoms with Gasteiger partial charge in [0.2, 0.25) is 0 Å². The first kappa shape index (κ1) is 17.8. The molecule has 0 aliphatic heterocycles. The number of rotatable bonds is 4. The minimum Gasteiger partial charge on any atom is -0.483 e. The Hall–Kier alpha value is -1.52. The summed E-state index contributed by atoms with van der Waals surface area (Å²) in [7, 11) is 0. The van der Waals surface area contributed by atoms with Crippen LogP contribution in [0.1, 0.15) is 26.3 Å². The molecule has 0 saturated carbocycles. The van der Waals surface area contributed by atoms with Crippen LogP contribution in [0.4, 0.5) is 5.69 Å². The van der Waals surface area contributed by atoms with Gasteiger partial charge in [0, 0.05) is 10.0 Å². The maximum absolute atomic E-state index is 12.1. The van der Waals surface area contributed by atoms with Crippen LogP contribution in [0.2, 0.25) is 5.02 Å². The molecule has 2 aromatic carbocycles. The quantitative estimate of drug-likeness (QED) is 0.749. The van der Waals surface area contributed by atoms with Crippen LogP contribution in [0, 0.1) is 0 Å². The van der Waals surface area contributed by atoms with Gasteiger partial charge in [-0.3, -0.25) is 4.79 Å². The second-order valence-corrected chi connectivity index (χ2v) is 7.53. The molecule has 2 rings (SSSR count). The number of hydrogen-bond acceptors (Lipinski definition) is 2. The first-order valence-corrected chi connectivity index (χ1v) is 8.41. The maximum atomic E-state index is 12.1. The zero-order chi connectivity index (χ0) is 17.0. The summed E-state index contributed by atoms with van der Waals surface area (Å²) in [6.45, 7) is 6.23. The van der Waals surface area contributed by atoms with Gasteiger partial charge in [0.1, 0.15) is 5.75 Å². The van der Waals surface area contributed by atoms with Gasteiger partial charge in [-0.15, -0.1) is 0 Å². The SMILES string of the molecule is CC(C)(C)c1cc(Br)ccc1OCC(=O)Nc1ccccc1Cl. The molecule has 0 aromatic heterocycles. The van der Waals surface area contributed by atoms with Crippen LogP contribution in [0.3, 0.4) is 0 Å². The van der Waals surface area contributed by atoms with E-state index in [2.05, 4.69) is 42.0 Å². The molecular weight excluding hydrogens is 378 g/mol. The smallest absolute Gasteiger partial charge is 0.262 e. The largest absolute Gasteiger partial charge is 0.483 e. The summed E-state index contributed by atoms with van der Waals surface area (Å²) >= 11 is 9.50. The molecule has 0 atom stereocenters. The van der Waals surface area contributed by atoms with Gasteiger partial charge in [-0.25, -0.2) is 0 Å². The predicted molar refractivity (Wildman–Crippen MR) is 98.4 cm³/mol. The zero-order valence-electron chi connectivity index (χ0n) is 13.3. The van der Waals surface area contributed by atoms with Crippen molar-refractivity contribution in [2.24, 2.45) is 0 Å². The Morgan fingerprint density at radius 3 is 2.57 bits per heavy atom. The van der Waals surface area contributed by atoms with Crippen LogP contribution in [-0.2, 0) is 10.2 Å². The summed E-state index contributed by atoms with van der Waals surface area (Å²) < 4.78 is 6.70. The van der Waals surface area contributed by atoms with E-state index < -0.39 is 0 Å². The normalized spacial score (nSPS) is 11.2. The zero-order valence-corrected chi connectivity index (χ0v) is 15.7. The Morgan fingerprint density at radius 2 is 1.91 bits per heavy atom. The molecule has 1 amide bonds. The summed E-state index contributed by atoms with van der Waals surface area (Å²) in [5.41, 5.74) is 1.53. The number of hydrogen-bond donors (Lipinski definition) is 1. The summed E-state index contributed by atoms with van der Waals surface area (Å²) in [5, 5.41) is 3.24. The summed E-state index contributed by atoms with van der Waals surface area (Å²) in [5.74, 6) is 0.455. The second-order valence-electron chi connectivity index (χ2n) is 6.21. The van der Waals surface area contributed by atoms with E-state index >= 15 is 0 Å². The molecule has 0 aliphatic rings. The highest BCUT2D eigenvalue weighted by Gasteiger charge is 2.20. The lowest BCUT2D eigenvalue weighted by molar-refractivity contribution is -0.118. The van der Waals surface area contributed by atoms with Gasteiger partial charge < -0.3 is 10.1 Å². The van der Waals surface area contributed by atoms with E-state index in [-0.39, 0.29) is 17.9 Å². The van der Waals surface area contributed by atoms with Crippen molar-refractivity contribution in [2.45, 2.75) is 26.2 Å². The van der Waals surface area contributed by atoms with E-state index in [0.29, 0.717) is 16.5 Å². The second kappa shape index (κ2) is 7.37. The van der Waals surface area contributed by atoms with Crippen LogP contribution < -0.4 is 10.1 Å². The number of amides is 1. The molecule has 122 valence electrons. The van der Waals surface area contributed by atoms with Gasteiger partial charge in [-0.1, -0.05) is 60.4 Å². The Morgan fingerprint density at radius 1 is 1.22 bits per heavy atom. The number of nitrogens with one attached hydrogen (secondary N) is 1. The molecule has 5 heteroatoms. The van der Waals surface area contributed by atoms with E-state index in [0.717, 1.165) is 10.0 Å². The lowest BCUT2D eigenvalue weighted by Gasteiger charge is -2.23. The Labute approximate surface area is 150 Å². The van der Waals surface area contributed by atoms with E-state index in [1.807, 2.05) is 30.3 Å². The number of benzene rings is 2. The van der Waals surface area contributed by atoms with Crippen molar-refractivity contribution in [3.8, 4) is 5.75 Å². The molecule has 23 heavy (non-hydrogen) atoms. The fourth-order valence-corrected chi connectivity index (χ4v) is 2.65. The van der Waals surface area contributed by atoms with Gasteiger partial charge in [-0.05, 0) is 35.7 Å². The van der Waals surface area contributed by atoms with Crippen LogP contribution in [0.25, 0.3) is 0 Å². The number of ether oxygens (including phenoxy) is 1. The molecule has 0 bridgehead atoms. The third kappa shape index (κ3) is 4.98. The molecule has 0 heterocycles. The lowest BCUT2D eigenvalue weighted by atomic mass is 9.86. The highest BCUT2D eigenvalue weighted by atomic mass is 79.9. The van der Waals surface area contributed by atoms with Crippen LogP contribution in [0.15, 0.2) is 46.9 Å². The molecule has 0 radical (unpaired) electrons. The van der Waals surface area contributed by atoms with Crippen LogP contribution in [-0.4, -0.2) is 12.5 Å². The lowest BCUT2D eigenvalue weighted by Crippen LogP contribution is -2.22. The van der Waals surface area contributed by atoms with Crippen LogP contribution >= 0.6 is 27.5 Å². The van der Waals surface area contributed by atoms with Crippen molar-refractivity contribution in [1.82, 2.24) is 0 Å². The summed E-state index contributed by atoms with van der Waals surface area (Å²) in [6.07, 6.45) is 0. The van der Waals surface area contributed by atoms with E-state index in [1.165, 1.54) is 0 Å². The fraction of sp³-hybridized carbons (Fsp3) is 0.278. The molecule has 1 N–H and O–H groups in total. The van der Waals surface area contributed by atoms with Gasteiger partial charge in [0.25, 0.3) is 5.91 Å². The first-order chi connectivity index (χ1) is 10.8. The molecule has 3 nitrogen and oxygen atoms in total. The molecular formula is C18H19BrClNO2. The fourth-order valence-electron chi connectivity index (χ4n) is 2.11. The number of para-hydroxylation sites is 1.